The van der Waals surface area contributed by atoms with Crippen LogP contribution in [0.1, 0.15) is 39.3 Å². The van der Waals surface area contributed by atoms with Crippen molar-refractivity contribution in [2.45, 2.75) is 46.6 Å². The van der Waals surface area contributed by atoms with Crippen LogP contribution in [0, 0.1) is 6.92 Å². The molecule has 0 N–H and O–H groups in total. The third kappa shape index (κ3) is 3.70. The monoisotopic (exact) mass is 406 g/mol. The molecule has 1 aromatic heterocycles. The van der Waals surface area contributed by atoms with Gasteiger partial charge in [-0.15, -0.1) is 0 Å². The Morgan fingerprint density at radius 2 is 1.96 bits per heavy atom. The summed E-state index contributed by atoms with van der Waals surface area (Å²) in [5.74, 6) is 2.24. The lowest BCUT2D eigenvalue weighted by atomic mass is 10.0. The summed E-state index contributed by atoms with van der Waals surface area (Å²) >= 11 is 12.7. The Bertz CT molecular complexity index is 856. The van der Waals surface area contributed by atoms with E-state index in [1.54, 1.807) is 6.07 Å². The van der Waals surface area contributed by atoms with E-state index in [4.69, 9.17) is 28.3 Å². The van der Waals surface area contributed by atoms with Crippen LogP contribution in [0.25, 0.3) is 16.9 Å². The van der Waals surface area contributed by atoms with Crippen molar-refractivity contribution in [3.8, 4) is 11.1 Å². The van der Waals surface area contributed by atoms with Crippen LogP contribution in [0.2, 0.25) is 10.0 Å². The van der Waals surface area contributed by atoms with Gasteiger partial charge in [0.15, 0.2) is 0 Å². The maximum atomic E-state index is 6.55. The van der Waals surface area contributed by atoms with Gasteiger partial charge >= 0.3 is 0 Å². The van der Waals surface area contributed by atoms with Crippen LogP contribution in [-0.2, 0) is 0 Å². The number of nitrogens with zero attached hydrogens (tertiary/aromatic N) is 4. The van der Waals surface area contributed by atoms with E-state index >= 15 is 0 Å². The Labute approximate surface area is 172 Å². The van der Waals surface area contributed by atoms with Crippen LogP contribution >= 0.6 is 23.2 Å². The molecule has 1 unspecified atom stereocenters. The average molecular weight is 407 g/mol. The third-order valence-corrected chi connectivity index (χ3v) is 5.82. The highest BCUT2D eigenvalue weighted by atomic mass is 35.5. The normalized spacial score (nSPS) is 16.3. The summed E-state index contributed by atoms with van der Waals surface area (Å²) in [4.78, 5) is 4.67. The Morgan fingerprint density at radius 1 is 1.22 bits per heavy atom. The number of halogens is 2. The van der Waals surface area contributed by atoms with Crippen molar-refractivity contribution < 1.29 is 0 Å². The quantitative estimate of drug-likeness (QED) is 0.594. The fourth-order valence-corrected chi connectivity index (χ4v) is 4.13. The molecule has 0 spiro atoms. The highest BCUT2D eigenvalue weighted by Crippen LogP contribution is 2.42. The van der Waals surface area contributed by atoms with E-state index < -0.39 is 0 Å². The van der Waals surface area contributed by atoms with E-state index in [-0.39, 0.29) is 6.04 Å². The predicted octanol–water partition coefficient (Wildman–Crippen LogP) is 5.92. The van der Waals surface area contributed by atoms with Gasteiger partial charge in [0.1, 0.15) is 11.6 Å². The Balaban J connectivity index is 2.16. The number of rotatable bonds is 6. The summed E-state index contributed by atoms with van der Waals surface area (Å²) < 4.78 is 2.08. The zero-order valence-corrected chi connectivity index (χ0v) is 18.3. The van der Waals surface area contributed by atoms with Crippen LogP contribution in [-0.4, -0.2) is 40.9 Å². The van der Waals surface area contributed by atoms with Gasteiger partial charge in [0.05, 0.1) is 10.7 Å². The zero-order chi connectivity index (χ0) is 19.7. The number of hydrogen-bond donors (Lipinski definition) is 0. The molecular formula is C21H28Cl2N4. The van der Waals surface area contributed by atoms with Crippen molar-refractivity contribution in [3.05, 3.63) is 40.0 Å². The first-order chi connectivity index (χ1) is 12.9. The molecule has 3 rings (SSSR count). The van der Waals surface area contributed by atoms with E-state index in [2.05, 4.69) is 48.4 Å². The van der Waals surface area contributed by atoms with Crippen LogP contribution in [0.15, 0.2) is 24.3 Å². The molecule has 1 atom stereocenters. The van der Waals surface area contributed by atoms with E-state index in [1.807, 2.05) is 19.1 Å². The first-order valence-electron chi connectivity index (χ1n) is 9.64. The van der Waals surface area contributed by atoms with Crippen molar-refractivity contribution in [1.29, 1.82) is 0 Å². The summed E-state index contributed by atoms with van der Waals surface area (Å²) in [6, 6.07) is 5.93. The lowest BCUT2D eigenvalue weighted by Gasteiger charge is -2.36. The molecule has 1 aliphatic heterocycles. The lowest BCUT2D eigenvalue weighted by Crippen LogP contribution is -2.38. The van der Waals surface area contributed by atoms with Crippen LogP contribution in [0.4, 0.5) is 5.82 Å². The van der Waals surface area contributed by atoms with Crippen molar-refractivity contribution in [3.63, 3.8) is 0 Å². The molecule has 0 saturated heterocycles. The minimum Gasteiger partial charge on any atom is -0.357 e. The van der Waals surface area contributed by atoms with E-state index in [1.165, 1.54) is 12.8 Å². The molecular weight excluding hydrogens is 379 g/mol. The van der Waals surface area contributed by atoms with Crippen molar-refractivity contribution in [2.75, 3.05) is 25.0 Å². The summed E-state index contributed by atoms with van der Waals surface area (Å²) in [7, 11) is 2.11. The second-order valence-electron chi connectivity index (χ2n) is 7.13. The summed E-state index contributed by atoms with van der Waals surface area (Å²) in [5, 5.41) is 6.20. The molecule has 0 saturated carbocycles. The van der Waals surface area contributed by atoms with Crippen molar-refractivity contribution >= 4 is 34.8 Å². The maximum Gasteiger partial charge on any atom is 0.142 e. The number of unbranched alkanes of at least 4 members (excludes halogenated alkanes) is 1. The fourth-order valence-electron chi connectivity index (χ4n) is 3.62. The van der Waals surface area contributed by atoms with Gasteiger partial charge in [-0.1, -0.05) is 42.6 Å². The smallest absolute Gasteiger partial charge is 0.142 e. The topological polar surface area (TPSA) is 24.3 Å². The molecule has 0 fully saturated rings. The number of aryl methyl sites for hydroxylation is 1. The third-order valence-electron chi connectivity index (χ3n) is 5.28. The Kier molecular flexibility index (Phi) is 6.07. The first kappa shape index (κ1) is 20.1. The summed E-state index contributed by atoms with van der Waals surface area (Å²) in [6.45, 7) is 10.7. The molecule has 2 aromatic rings. The SMILES string of the molecule is CCCCN(CC)C1=CC(C)N(C)c2c(-c3ccc(Cl)cc3Cl)c(C)nn21. The van der Waals surface area contributed by atoms with E-state index in [0.29, 0.717) is 10.0 Å². The van der Waals surface area contributed by atoms with E-state index in [0.717, 1.165) is 41.5 Å². The maximum absolute atomic E-state index is 6.55. The average Bonchev–Trinajstić information content (AvgIpc) is 2.97. The van der Waals surface area contributed by atoms with Gasteiger partial charge in [-0.05, 0) is 45.4 Å². The van der Waals surface area contributed by atoms with Crippen LogP contribution < -0.4 is 4.90 Å². The molecule has 0 radical (unpaired) electrons. The minimum atomic E-state index is 0.268. The number of benzene rings is 1. The summed E-state index contributed by atoms with van der Waals surface area (Å²) in [6.07, 6.45) is 4.64. The molecule has 27 heavy (non-hydrogen) atoms. The standard InChI is InChI=1S/C21H28Cl2N4/c1-6-8-11-26(7-2)19-12-14(3)25(5)21-20(15(4)24-27(19)21)17-10-9-16(22)13-18(17)23/h9-10,12-14H,6-8,11H2,1-5H3. The van der Waals surface area contributed by atoms with Gasteiger partial charge in [0, 0.05) is 42.3 Å². The molecule has 6 heteroatoms. The van der Waals surface area contributed by atoms with Crippen molar-refractivity contribution in [1.82, 2.24) is 14.7 Å². The van der Waals surface area contributed by atoms with Gasteiger partial charge in [-0.25, -0.2) is 4.68 Å². The minimum absolute atomic E-state index is 0.268. The predicted molar refractivity (Wildman–Crippen MR) is 117 cm³/mol. The second-order valence-corrected chi connectivity index (χ2v) is 7.97. The number of anilines is 1. The van der Waals surface area contributed by atoms with Crippen molar-refractivity contribution in [2.24, 2.45) is 0 Å². The van der Waals surface area contributed by atoms with Gasteiger partial charge in [-0.3, -0.25) is 0 Å². The molecule has 1 aliphatic rings. The van der Waals surface area contributed by atoms with Gasteiger partial charge < -0.3 is 9.80 Å². The zero-order valence-electron chi connectivity index (χ0n) is 16.8. The van der Waals surface area contributed by atoms with Crippen LogP contribution in [0.3, 0.4) is 0 Å². The molecule has 4 nitrogen and oxygen atoms in total. The summed E-state index contributed by atoms with van der Waals surface area (Å²) in [5.41, 5.74) is 3.01. The molecule has 2 heterocycles. The van der Waals surface area contributed by atoms with Gasteiger partial charge in [0.2, 0.25) is 0 Å². The number of hydrogen-bond acceptors (Lipinski definition) is 3. The first-order valence-corrected chi connectivity index (χ1v) is 10.4. The fraction of sp³-hybridized carbons (Fsp3) is 0.476. The largest absolute Gasteiger partial charge is 0.357 e. The molecule has 0 amide bonds. The lowest BCUT2D eigenvalue weighted by molar-refractivity contribution is 0.378. The molecule has 146 valence electrons. The number of fused-ring (bicyclic) bond motifs is 1. The molecule has 0 bridgehead atoms. The highest BCUT2D eigenvalue weighted by Gasteiger charge is 2.30. The van der Waals surface area contributed by atoms with Gasteiger partial charge in [-0.2, -0.15) is 5.10 Å². The highest BCUT2D eigenvalue weighted by molar-refractivity contribution is 6.36. The molecule has 0 aliphatic carbocycles. The Hall–Kier alpha value is -1.65. The molecule has 1 aromatic carbocycles. The number of likely N-dealkylation sites (N-methyl/N-ethyl adjacent to an activating group) is 1. The van der Waals surface area contributed by atoms with E-state index in [9.17, 15) is 0 Å². The second kappa shape index (κ2) is 8.15. The number of aromatic nitrogens is 2. The van der Waals surface area contributed by atoms with Crippen LogP contribution in [0.5, 0.6) is 0 Å². The Morgan fingerprint density at radius 3 is 2.59 bits per heavy atom. The van der Waals surface area contributed by atoms with Gasteiger partial charge in [0.25, 0.3) is 0 Å².